The van der Waals surface area contributed by atoms with Crippen LogP contribution in [0.4, 0.5) is 0 Å². The van der Waals surface area contributed by atoms with Crippen LogP contribution in [0.2, 0.25) is 0 Å². The number of ketones is 2. The first kappa shape index (κ1) is 10.0. The molecule has 2 nitrogen and oxygen atoms in total. The summed E-state index contributed by atoms with van der Waals surface area (Å²) in [6, 6.07) is 6.76. The van der Waals surface area contributed by atoms with Crippen molar-refractivity contribution in [1.82, 2.24) is 0 Å². The van der Waals surface area contributed by atoms with E-state index < -0.39 is 15.2 Å². The number of fused-ring (bicyclic) bond motifs is 1. The molecular formula is C9H4Cl2O2S. The average molecular weight is 247 g/mol. The summed E-state index contributed by atoms with van der Waals surface area (Å²) >= 11 is 12.4. The fraction of sp³-hybridized carbons (Fsp3) is 0.111. The smallest absolute Gasteiger partial charge is 0.249 e. The Balaban J connectivity index is 2.59. The maximum atomic E-state index is 11.5. The highest BCUT2D eigenvalue weighted by atomic mass is 35.5. The predicted molar refractivity (Wildman–Crippen MR) is 56.1 cm³/mol. The molecule has 0 amide bonds. The minimum Gasteiger partial charge on any atom is -0.286 e. The van der Waals surface area contributed by atoms with Gasteiger partial charge in [-0.05, 0) is 12.1 Å². The molecule has 0 N–H and O–H groups in total. The van der Waals surface area contributed by atoms with Crippen LogP contribution in [0.3, 0.4) is 0 Å². The average Bonchev–Trinajstić information content (AvgIpc) is 2.14. The zero-order chi connectivity index (χ0) is 10.3. The normalized spacial score (nSPS) is 19.3. The van der Waals surface area contributed by atoms with E-state index in [9.17, 15) is 9.59 Å². The maximum absolute atomic E-state index is 11.5. The molecule has 0 atom stereocenters. The first-order valence-corrected chi connectivity index (χ1v) is 5.34. The van der Waals surface area contributed by atoms with Gasteiger partial charge in [-0.15, -0.1) is 0 Å². The molecule has 0 bridgehead atoms. The van der Waals surface area contributed by atoms with Crippen LogP contribution in [0.1, 0.15) is 10.4 Å². The van der Waals surface area contributed by atoms with Gasteiger partial charge < -0.3 is 0 Å². The van der Waals surface area contributed by atoms with E-state index in [1.54, 1.807) is 24.3 Å². The standard InChI is InChI=1S/C9H4Cl2O2S/c10-9(11)8(13)7(12)5-3-1-2-4-6(5)14-9/h1-4H. The predicted octanol–water partition coefficient (Wildman–Crippen LogP) is 2.68. The lowest BCUT2D eigenvalue weighted by Crippen LogP contribution is -2.34. The molecule has 0 aromatic heterocycles. The second kappa shape index (κ2) is 3.26. The Labute approximate surface area is 94.6 Å². The molecule has 1 heterocycles. The van der Waals surface area contributed by atoms with Crippen LogP contribution in [0, 0.1) is 0 Å². The molecule has 2 rings (SSSR count). The van der Waals surface area contributed by atoms with Crippen molar-refractivity contribution in [2.24, 2.45) is 0 Å². The fourth-order valence-corrected chi connectivity index (χ4v) is 2.73. The molecule has 0 spiro atoms. The minimum absolute atomic E-state index is 0.374. The number of alkyl halides is 2. The van der Waals surface area contributed by atoms with Crippen LogP contribution in [-0.2, 0) is 4.79 Å². The van der Waals surface area contributed by atoms with Gasteiger partial charge in [0.15, 0.2) is 0 Å². The molecule has 14 heavy (non-hydrogen) atoms. The Hall–Kier alpha value is -0.510. The van der Waals surface area contributed by atoms with Gasteiger partial charge in [0.1, 0.15) is 0 Å². The molecule has 1 aromatic rings. The monoisotopic (exact) mass is 246 g/mol. The van der Waals surface area contributed by atoms with Crippen molar-refractivity contribution in [1.29, 1.82) is 0 Å². The van der Waals surface area contributed by atoms with Gasteiger partial charge in [-0.2, -0.15) is 0 Å². The Kier molecular flexibility index (Phi) is 2.33. The number of carbonyl (C=O) groups excluding carboxylic acids is 2. The highest BCUT2D eigenvalue weighted by molar-refractivity contribution is 8.04. The Morgan fingerprint density at radius 2 is 1.79 bits per heavy atom. The summed E-state index contributed by atoms with van der Waals surface area (Å²) in [5.41, 5.74) is 0.374. The molecule has 1 aliphatic heterocycles. The van der Waals surface area contributed by atoms with E-state index in [-0.39, 0.29) is 0 Å². The molecule has 0 aliphatic carbocycles. The third-order valence-corrected chi connectivity index (χ3v) is 3.66. The van der Waals surface area contributed by atoms with Crippen molar-refractivity contribution in [3.8, 4) is 0 Å². The number of benzene rings is 1. The lowest BCUT2D eigenvalue weighted by molar-refractivity contribution is -0.114. The Morgan fingerprint density at radius 3 is 2.50 bits per heavy atom. The number of rotatable bonds is 0. The van der Waals surface area contributed by atoms with Crippen LogP contribution >= 0.6 is 35.0 Å². The summed E-state index contributed by atoms with van der Waals surface area (Å²) in [7, 11) is 0. The molecule has 1 aliphatic rings. The molecular weight excluding hydrogens is 243 g/mol. The van der Waals surface area contributed by atoms with Crippen LogP contribution in [-0.4, -0.2) is 15.2 Å². The lowest BCUT2D eigenvalue weighted by Gasteiger charge is -2.23. The lowest BCUT2D eigenvalue weighted by atomic mass is 10.1. The van der Waals surface area contributed by atoms with E-state index in [0.717, 1.165) is 11.8 Å². The van der Waals surface area contributed by atoms with Gasteiger partial charge in [0, 0.05) is 10.5 Å². The minimum atomic E-state index is -1.68. The van der Waals surface area contributed by atoms with E-state index >= 15 is 0 Å². The molecule has 1 aromatic carbocycles. The van der Waals surface area contributed by atoms with E-state index in [2.05, 4.69) is 0 Å². The number of halogens is 2. The van der Waals surface area contributed by atoms with Crippen molar-refractivity contribution in [3.05, 3.63) is 29.8 Å². The molecule has 0 fully saturated rings. The summed E-state index contributed by atoms with van der Waals surface area (Å²) in [5, 5.41) is 0. The zero-order valence-electron chi connectivity index (χ0n) is 6.79. The van der Waals surface area contributed by atoms with Gasteiger partial charge >= 0.3 is 0 Å². The van der Waals surface area contributed by atoms with Crippen LogP contribution in [0.5, 0.6) is 0 Å². The van der Waals surface area contributed by atoms with Gasteiger partial charge in [0.05, 0.1) is 0 Å². The molecule has 0 unspecified atom stereocenters. The second-order valence-electron chi connectivity index (χ2n) is 2.77. The van der Waals surface area contributed by atoms with Gasteiger partial charge in [0.25, 0.3) is 0 Å². The number of hydrogen-bond acceptors (Lipinski definition) is 3. The number of thioether (sulfide) groups is 1. The summed E-state index contributed by atoms with van der Waals surface area (Å²) in [6.45, 7) is 0. The SMILES string of the molecule is O=C1C(=O)C(Cl)(Cl)Sc2ccccc21. The van der Waals surface area contributed by atoms with Crippen molar-refractivity contribution in [3.63, 3.8) is 0 Å². The highest BCUT2D eigenvalue weighted by Crippen LogP contribution is 2.46. The Morgan fingerprint density at radius 1 is 1.14 bits per heavy atom. The highest BCUT2D eigenvalue weighted by Gasteiger charge is 2.45. The topological polar surface area (TPSA) is 34.1 Å². The van der Waals surface area contributed by atoms with Crippen LogP contribution in [0.25, 0.3) is 0 Å². The molecule has 0 saturated carbocycles. The summed E-state index contributed by atoms with van der Waals surface area (Å²) in [4.78, 5) is 23.5. The van der Waals surface area contributed by atoms with Crippen molar-refractivity contribution >= 4 is 46.5 Å². The van der Waals surface area contributed by atoms with Gasteiger partial charge in [-0.25, -0.2) is 0 Å². The van der Waals surface area contributed by atoms with E-state index in [1.165, 1.54) is 0 Å². The third-order valence-electron chi connectivity index (χ3n) is 1.84. The maximum Gasteiger partial charge on any atom is 0.249 e. The van der Waals surface area contributed by atoms with E-state index in [1.807, 2.05) is 0 Å². The quantitative estimate of drug-likeness (QED) is 0.522. The first-order valence-electron chi connectivity index (χ1n) is 3.77. The summed E-state index contributed by atoms with van der Waals surface area (Å²) in [6.07, 6.45) is 0. The van der Waals surface area contributed by atoms with Crippen LogP contribution < -0.4 is 0 Å². The third kappa shape index (κ3) is 1.45. The van der Waals surface area contributed by atoms with Crippen molar-refractivity contribution < 1.29 is 9.59 Å². The number of hydrogen-bond donors (Lipinski definition) is 0. The first-order chi connectivity index (χ1) is 6.52. The molecule has 0 saturated heterocycles. The second-order valence-corrected chi connectivity index (χ2v) is 5.81. The molecule has 0 radical (unpaired) electrons. The van der Waals surface area contributed by atoms with E-state index in [4.69, 9.17) is 23.2 Å². The molecule has 5 heteroatoms. The van der Waals surface area contributed by atoms with Crippen molar-refractivity contribution in [2.75, 3.05) is 0 Å². The summed E-state index contributed by atoms with van der Waals surface area (Å²) in [5.74, 6) is -1.39. The molecule has 72 valence electrons. The van der Waals surface area contributed by atoms with Gasteiger partial charge in [-0.3, -0.25) is 9.59 Å². The van der Waals surface area contributed by atoms with E-state index in [0.29, 0.717) is 10.5 Å². The number of carbonyl (C=O) groups is 2. The zero-order valence-corrected chi connectivity index (χ0v) is 9.12. The fourth-order valence-electron chi connectivity index (χ4n) is 1.18. The largest absolute Gasteiger partial charge is 0.286 e. The van der Waals surface area contributed by atoms with Gasteiger partial charge in [0.2, 0.25) is 15.2 Å². The van der Waals surface area contributed by atoms with Gasteiger partial charge in [-0.1, -0.05) is 47.1 Å². The van der Waals surface area contributed by atoms with Crippen molar-refractivity contribution in [2.45, 2.75) is 8.56 Å². The van der Waals surface area contributed by atoms with Crippen LogP contribution in [0.15, 0.2) is 29.2 Å². The number of Topliss-reactive ketones (excluding diaryl/α,β-unsaturated/α-hetero) is 2. The summed E-state index contributed by atoms with van der Waals surface area (Å²) < 4.78 is -1.68. The Bertz CT molecular complexity index is 429.